The summed E-state index contributed by atoms with van der Waals surface area (Å²) < 4.78 is 36.2. The van der Waals surface area contributed by atoms with Crippen LogP contribution >= 0.6 is 0 Å². The Morgan fingerprint density at radius 1 is 0.857 bits per heavy atom. The molecule has 5 nitrogen and oxygen atoms in total. The molecule has 0 aromatic heterocycles. The van der Waals surface area contributed by atoms with Crippen LogP contribution in [0.2, 0.25) is 0 Å². The molecule has 0 atom stereocenters. The minimum Gasteiger partial charge on any atom is -0.347 e. The standard InChI is InChI=1S/C20H22F3N3O2/c21-20(22,23)14-25-18(27)13-16-8-10-17(11-9-16)26-19(28)24-12-4-7-15-5-2-1-3-6-15/h1-3,5-6,8-11H,4,7,12-14H2,(H,25,27)(H2,24,26,28). The zero-order chi connectivity index (χ0) is 20.4. The smallest absolute Gasteiger partial charge is 0.347 e. The molecule has 0 bridgehead atoms. The number of halogens is 3. The van der Waals surface area contributed by atoms with Gasteiger partial charge < -0.3 is 16.0 Å². The van der Waals surface area contributed by atoms with Crippen molar-refractivity contribution >= 4 is 17.6 Å². The van der Waals surface area contributed by atoms with Gasteiger partial charge in [0.2, 0.25) is 5.91 Å². The first-order chi connectivity index (χ1) is 13.3. The van der Waals surface area contributed by atoms with E-state index in [1.807, 2.05) is 35.6 Å². The molecule has 0 radical (unpaired) electrons. The van der Waals surface area contributed by atoms with Crippen LogP contribution in [-0.2, 0) is 17.6 Å². The van der Waals surface area contributed by atoms with Crippen LogP contribution in [0.25, 0.3) is 0 Å². The molecule has 2 rings (SSSR count). The predicted molar refractivity (Wildman–Crippen MR) is 101 cm³/mol. The predicted octanol–water partition coefficient (Wildman–Crippen LogP) is 3.66. The van der Waals surface area contributed by atoms with E-state index in [0.29, 0.717) is 17.8 Å². The van der Waals surface area contributed by atoms with Crippen LogP contribution < -0.4 is 16.0 Å². The third-order valence-corrected chi connectivity index (χ3v) is 3.83. The van der Waals surface area contributed by atoms with Gasteiger partial charge >= 0.3 is 12.2 Å². The maximum atomic E-state index is 12.1. The van der Waals surface area contributed by atoms with Crippen molar-refractivity contribution in [3.8, 4) is 0 Å². The van der Waals surface area contributed by atoms with Crippen molar-refractivity contribution in [1.82, 2.24) is 10.6 Å². The molecule has 0 saturated carbocycles. The average Bonchev–Trinajstić information content (AvgIpc) is 2.65. The summed E-state index contributed by atoms with van der Waals surface area (Å²) in [7, 11) is 0. The van der Waals surface area contributed by atoms with Gasteiger partial charge in [-0.1, -0.05) is 42.5 Å². The van der Waals surface area contributed by atoms with Gasteiger partial charge in [0, 0.05) is 12.2 Å². The van der Waals surface area contributed by atoms with E-state index in [1.54, 1.807) is 24.3 Å². The van der Waals surface area contributed by atoms with E-state index in [0.717, 1.165) is 12.8 Å². The van der Waals surface area contributed by atoms with Crippen molar-refractivity contribution < 1.29 is 22.8 Å². The highest BCUT2D eigenvalue weighted by atomic mass is 19.4. The number of rotatable bonds is 8. The fraction of sp³-hybridized carbons (Fsp3) is 0.300. The number of hydrogen-bond acceptors (Lipinski definition) is 2. The highest BCUT2D eigenvalue weighted by Crippen LogP contribution is 2.13. The minimum atomic E-state index is -4.43. The van der Waals surface area contributed by atoms with Crippen LogP contribution in [0, 0.1) is 0 Å². The lowest BCUT2D eigenvalue weighted by atomic mass is 10.1. The van der Waals surface area contributed by atoms with E-state index in [9.17, 15) is 22.8 Å². The second-order valence-corrected chi connectivity index (χ2v) is 6.24. The maximum absolute atomic E-state index is 12.1. The summed E-state index contributed by atoms with van der Waals surface area (Å²) in [6, 6.07) is 16.0. The summed E-state index contributed by atoms with van der Waals surface area (Å²) in [5, 5.41) is 7.24. The van der Waals surface area contributed by atoms with Crippen LogP contribution in [0.3, 0.4) is 0 Å². The number of benzene rings is 2. The number of anilines is 1. The topological polar surface area (TPSA) is 70.2 Å². The quantitative estimate of drug-likeness (QED) is 0.599. The number of alkyl halides is 3. The van der Waals surface area contributed by atoms with E-state index in [-0.39, 0.29) is 12.5 Å². The third-order valence-electron chi connectivity index (χ3n) is 3.83. The van der Waals surface area contributed by atoms with Crippen molar-refractivity contribution in [1.29, 1.82) is 0 Å². The van der Waals surface area contributed by atoms with Crippen LogP contribution in [0.5, 0.6) is 0 Å². The summed E-state index contributed by atoms with van der Waals surface area (Å²) in [6.45, 7) is -0.825. The number of amides is 3. The molecule has 0 fully saturated rings. The highest BCUT2D eigenvalue weighted by Gasteiger charge is 2.27. The molecule has 0 spiro atoms. The van der Waals surface area contributed by atoms with E-state index in [2.05, 4.69) is 10.6 Å². The molecule has 3 N–H and O–H groups in total. The minimum absolute atomic E-state index is 0.165. The number of nitrogens with one attached hydrogen (secondary N) is 3. The zero-order valence-corrected chi connectivity index (χ0v) is 15.2. The van der Waals surface area contributed by atoms with Gasteiger partial charge in [0.1, 0.15) is 6.54 Å². The van der Waals surface area contributed by atoms with Crippen LogP contribution in [-0.4, -0.2) is 31.2 Å². The highest BCUT2D eigenvalue weighted by molar-refractivity contribution is 5.89. The number of hydrogen-bond donors (Lipinski definition) is 3. The molecule has 2 aromatic rings. The van der Waals surface area contributed by atoms with Crippen LogP contribution in [0.4, 0.5) is 23.7 Å². The Morgan fingerprint density at radius 2 is 1.54 bits per heavy atom. The lowest BCUT2D eigenvalue weighted by Gasteiger charge is -2.10. The molecular weight excluding hydrogens is 371 g/mol. The van der Waals surface area contributed by atoms with Gasteiger partial charge in [0.05, 0.1) is 6.42 Å². The van der Waals surface area contributed by atoms with Crippen molar-refractivity contribution in [2.45, 2.75) is 25.4 Å². The van der Waals surface area contributed by atoms with Gasteiger partial charge in [-0.15, -0.1) is 0 Å². The van der Waals surface area contributed by atoms with E-state index in [4.69, 9.17) is 0 Å². The number of carbonyl (C=O) groups excluding carboxylic acids is 2. The molecule has 0 unspecified atom stereocenters. The Bertz CT molecular complexity index is 763. The number of aryl methyl sites for hydroxylation is 1. The lowest BCUT2D eigenvalue weighted by Crippen LogP contribution is -2.34. The van der Waals surface area contributed by atoms with Gasteiger partial charge in [0.15, 0.2) is 0 Å². The van der Waals surface area contributed by atoms with Crippen molar-refractivity contribution in [3.63, 3.8) is 0 Å². The largest absolute Gasteiger partial charge is 0.405 e. The fourth-order valence-corrected chi connectivity index (χ4v) is 2.47. The first-order valence-electron chi connectivity index (χ1n) is 8.83. The molecule has 0 heterocycles. The van der Waals surface area contributed by atoms with Crippen molar-refractivity contribution in [2.24, 2.45) is 0 Å². The fourth-order valence-electron chi connectivity index (χ4n) is 2.47. The molecule has 8 heteroatoms. The SMILES string of the molecule is O=C(Cc1ccc(NC(=O)NCCCc2ccccc2)cc1)NCC(F)(F)F. The van der Waals surface area contributed by atoms with Gasteiger partial charge in [0.25, 0.3) is 0 Å². The lowest BCUT2D eigenvalue weighted by molar-refractivity contribution is -0.138. The van der Waals surface area contributed by atoms with Crippen LogP contribution in [0.15, 0.2) is 54.6 Å². The number of carbonyl (C=O) groups is 2. The maximum Gasteiger partial charge on any atom is 0.405 e. The third kappa shape index (κ3) is 8.57. The first-order valence-corrected chi connectivity index (χ1v) is 8.83. The van der Waals surface area contributed by atoms with E-state index < -0.39 is 18.6 Å². The molecule has 0 aliphatic rings. The Kier molecular flexibility index (Phi) is 7.86. The van der Waals surface area contributed by atoms with Crippen molar-refractivity contribution in [3.05, 3.63) is 65.7 Å². The molecule has 0 aliphatic carbocycles. The molecule has 28 heavy (non-hydrogen) atoms. The normalized spacial score (nSPS) is 11.0. The van der Waals surface area contributed by atoms with E-state index >= 15 is 0 Å². The summed E-state index contributed by atoms with van der Waals surface area (Å²) >= 11 is 0. The van der Waals surface area contributed by atoms with Crippen molar-refractivity contribution in [2.75, 3.05) is 18.4 Å². The van der Waals surface area contributed by atoms with Gasteiger partial charge in [-0.2, -0.15) is 13.2 Å². The molecule has 0 aliphatic heterocycles. The molecule has 0 saturated heterocycles. The molecule has 3 amide bonds. The Morgan fingerprint density at radius 3 is 2.18 bits per heavy atom. The van der Waals surface area contributed by atoms with Gasteiger partial charge in [-0.25, -0.2) is 4.79 Å². The second kappa shape index (κ2) is 10.3. The summed E-state index contributed by atoms with van der Waals surface area (Å²) in [4.78, 5) is 23.4. The molecule has 150 valence electrons. The van der Waals surface area contributed by atoms with E-state index in [1.165, 1.54) is 5.56 Å². The summed E-state index contributed by atoms with van der Waals surface area (Å²) in [5.74, 6) is -0.714. The summed E-state index contributed by atoms with van der Waals surface area (Å²) in [6.07, 6.45) is -2.92. The Labute approximate surface area is 161 Å². The van der Waals surface area contributed by atoms with Gasteiger partial charge in [-0.05, 0) is 36.1 Å². The monoisotopic (exact) mass is 393 g/mol. The first kappa shape index (κ1) is 21.3. The molecule has 2 aromatic carbocycles. The molecular formula is C20H22F3N3O2. The van der Waals surface area contributed by atoms with Crippen LogP contribution in [0.1, 0.15) is 17.5 Å². The average molecular weight is 393 g/mol. The number of urea groups is 1. The summed E-state index contributed by atoms with van der Waals surface area (Å²) in [5.41, 5.74) is 2.29. The Hall–Kier alpha value is -3.03. The second-order valence-electron chi connectivity index (χ2n) is 6.24. The zero-order valence-electron chi connectivity index (χ0n) is 15.2. The Balaban J connectivity index is 1.68. The van der Waals surface area contributed by atoms with Gasteiger partial charge in [-0.3, -0.25) is 4.79 Å².